The van der Waals surface area contributed by atoms with E-state index in [0.717, 1.165) is 22.4 Å². The minimum absolute atomic E-state index is 0.0989. The normalized spacial score (nSPS) is 19.9. The number of fused-ring (bicyclic) bond motifs is 1. The molecule has 0 saturated heterocycles. The zero-order valence-corrected chi connectivity index (χ0v) is 8.05. The number of carbonyl (C=O) groups is 1. The van der Waals surface area contributed by atoms with Gasteiger partial charge in [-0.1, -0.05) is 6.07 Å². The summed E-state index contributed by atoms with van der Waals surface area (Å²) in [6.07, 6.45) is -0.310. The van der Waals surface area contributed by atoms with E-state index >= 15 is 0 Å². The number of carbonyl (C=O) groups excluding carboxylic acids is 1. The fourth-order valence-corrected chi connectivity index (χ4v) is 1.74. The molecule has 13 heavy (non-hydrogen) atoms. The Kier molecular flexibility index (Phi) is 1.65. The maximum Gasteiger partial charge on any atom is 0.206 e. The molecule has 0 amide bonds. The van der Waals surface area contributed by atoms with Crippen LogP contribution in [0.5, 0.6) is 5.75 Å². The average molecular weight is 176 g/mol. The molecular formula is C11H12O2. The highest BCUT2D eigenvalue weighted by Gasteiger charge is 2.29. The zero-order valence-electron chi connectivity index (χ0n) is 8.05. The van der Waals surface area contributed by atoms with Crippen molar-refractivity contribution in [1.29, 1.82) is 0 Å². The van der Waals surface area contributed by atoms with Gasteiger partial charge in [-0.2, -0.15) is 0 Å². The van der Waals surface area contributed by atoms with Crippen LogP contribution in [0, 0.1) is 13.8 Å². The lowest BCUT2D eigenvalue weighted by Gasteiger charge is -2.04. The summed E-state index contributed by atoms with van der Waals surface area (Å²) in [5.41, 5.74) is 2.90. The molecule has 1 unspecified atom stereocenters. The lowest BCUT2D eigenvalue weighted by molar-refractivity contribution is 0.0878. The van der Waals surface area contributed by atoms with Crippen LogP contribution < -0.4 is 4.74 Å². The van der Waals surface area contributed by atoms with Gasteiger partial charge in [0.1, 0.15) is 5.75 Å². The fourth-order valence-electron chi connectivity index (χ4n) is 1.74. The van der Waals surface area contributed by atoms with Crippen molar-refractivity contribution in [1.82, 2.24) is 0 Å². The Hall–Kier alpha value is -1.31. The number of hydrogen-bond donors (Lipinski definition) is 0. The molecule has 1 aliphatic heterocycles. The summed E-state index contributed by atoms with van der Waals surface area (Å²) < 4.78 is 5.46. The number of rotatable bonds is 0. The molecule has 0 aliphatic carbocycles. The molecule has 2 rings (SSSR count). The van der Waals surface area contributed by atoms with Crippen LogP contribution in [-0.4, -0.2) is 11.9 Å². The van der Waals surface area contributed by atoms with Crippen LogP contribution in [-0.2, 0) is 0 Å². The Balaban J connectivity index is 2.64. The van der Waals surface area contributed by atoms with E-state index in [2.05, 4.69) is 0 Å². The van der Waals surface area contributed by atoms with Gasteiger partial charge >= 0.3 is 0 Å². The molecule has 0 N–H and O–H groups in total. The van der Waals surface area contributed by atoms with E-state index in [1.165, 1.54) is 0 Å². The molecule has 2 heteroatoms. The number of aryl methyl sites for hydroxylation is 2. The first-order chi connectivity index (χ1) is 6.09. The van der Waals surface area contributed by atoms with Gasteiger partial charge < -0.3 is 4.74 Å². The van der Waals surface area contributed by atoms with Gasteiger partial charge in [0.15, 0.2) is 6.10 Å². The highest BCUT2D eigenvalue weighted by molar-refractivity contribution is 6.04. The first kappa shape index (κ1) is 8.30. The van der Waals surface area contributed by atoms with Crippen molar-refractivity contribution in [3.63, 3.8) is 0 Å². The number of Topliss-reactive ketones (excluding diaryl/α,β-unsaturated/α-hetero) is 1. The third-order valence-electron chi connectivity index (χ3n) is 2.35. The molecule has 2 nitrogen and oxygen atoms in total. The van der Waals surface area contributed by atoms with Gasteiger partial charge in [0.25, 0.3) is 0 Å². The van der Waals surface area contributed by atoms with E-state index in [0.29, 0.717) is 0 Å². The largest absolute Gasteiger partial charge is 0.482 e. The van der Waals surface area contributed by atoms with Crippen molar-refractivity contribution in [2.45, 2.75) is 26.9 Å². The summed E-state index contributed by atoms with van der Waals surface area (Å²) in [4.78, 5) is 11.6. The van der Waals surface area contributed by atoms with Gasteiger partial charge in [-0.3, -0.25) is 4.79 Å². The van der Waals surface area contributed by atoms with E-state index in [1.54, 1.807) is 6.92 Å². The minimum Gasteiger partial charge on any atom is -0.482 e. The van der Waals surface area contributed by atoms with Crippen LogP contribution in [0.3, 0.4) is 0 Å². The summed E-state index contributed by atoms with van der Waals surface area (Å²) in [6, 6.07) is 3.93. The summed E-state index contributed by atoms with van der Waals surface area (Å²) in [6.45, 7) is 5.75. The lowest BCUT2D eigenvalue weighted by Crippen LogP contribution is -2.14. The third-order valence-corrected chi connectivity index (χ3v) is 2.35. The number of ketones is 1. The van der Waals surface area contributed by atoms with Gasteiger partial charge in [-0.15, -0.1) is 0 Å². The molecule has 1 atom stereocenters. The summed E-state index contributed by atoms with van der Waals surface area (Å²) in [5, 5.41) is 0. The minimum atomic E-state index is -0.310. The first-order valence-corrected chi connectivity index (χ1v) is 4.41. The molecule has 0 saturated carbocycles. The second-order valence-corrected chi connectivity index (χ2v) is 3.58. The number of hydrogen-bond acceptors (Lipinski definition) is 2. The Morgan fingerprint density at radius 2 is 2.00 bits per heavy atom. The molecule has 68 valence electrons. The van der Waals surface area contributed by atoms with E-state index in [1.807, 2.05) is 26.0 Å². The molecule has 0 spiro atoms. The molecule has 1 heterocycles. The summed E-state index contributed by atoms with van der Waals surface area (Å²) in [7, 11) is 0. The van der Waals surface area contributed by atoms with Gasteiger partial charge in [0, 0.05) is 0 Å². The quantitative estimate of drug-likeness (QED) is 0.606. The van der Waals surface area contributed by atoms with Crippen molar-refractivity contribution in [3.05, 3.63) is 28.8 Å². The van der Waals surface area contributed by atoms with Crippen molar-refractivity contribution in [2.24, 2.45) is 0 Å². The summed E-state index contributed by atoms with van der Waals surface area (Å²) >= 11 is 0. The van der Waals surface area contributed by atoms with E-state index < -0.39 is 0 Å². The Morgan fingerprint density at radius 3 is 2.69 bits per heavy atom. The van der Waals surface area contributed by atoms with E-state index in [-0.39, 0.29) is 11.9 Å². The second-order valence-electron chi connectivity index (χ2n) is 3.58. The molecule has 0 fully saturated rings. The van der Waals surface area contributed by atoms with Crippen LogP contribution in [0.15, 0.2) is 12.1 Å². The van der Waals surface area contributed by atoms with Crippen molar-refractivity contribution in [3.8, 4) is 5.75 Å². The Bertz CT molecular complexity index is 380. The van der Waals surface area contributed by atoms with E-state index in [4.69, 9.17) is 4.74 Å². The fraction of sp³-hybridized carbons (Fsp3) is 0.364. The van der Waals surface area contributed by atoms with Crippen LogP contribution >= 0.6 is 0 Å². The van der Waals surface area contributed by atoms with Crippen molar-refractivity contribution in [2.75, 3.05) is 0 Å². The molecule has 1 aromatic rings. The van der Waals surface area contributed by atoms with Gasteiger partial charge in [0.05, 0.1) is 5.56 Å². The highest BCUT2D eigenvalue weighted by atomic mass is 16.5. The van der Waals surface area contributed by atoms with Crippen LogP contribution in [0.1, 0.15) is 28.4 Å². The predicted molar refractivity (Wildman–Crippen MR) is 50.3 cm³/mol. The maximum atomic E-state index is 11.6. The zero-order chi connectivity index (χ0) is 9.59. The van der Waals surface area contributed by atoms with Crippen LogP contribution in [0.25, 0.3) is 0 Å². The average Bonchev–Trinajstić information content (AvgIpc) is 2.32. The monoisotopic (exact) mass is 176 g/mol. The maximum absolute atomic E-state index is 11.6. The number of benzene rings is 1. The summed E-state index contributed by atoms with van der Waals surface area (Å²) in [5.74, 6) is 0.866. The van der Waals surface area contributed by atoms with Crippen molar-refractivity contribution < 1.29 is 9.53 Å². The molecule has 1 aliphatic rings. The smallest absolute Gasteiger partial charge is 0.206 e. The third kappa shape index (κ3) is 1.13. The van der Waals surface area contributed by atoms with E-state index in [9.17, 15) is 4.79 Å². The Labute approximate surface area is 77.5 Å². The van der Waals surface area contributed by atoms with Gasteiger partial charge in [0.2, 0.25) is 5.78 Å². The van der Waals surface area contributed by atoms with Gasteiger partial charge in [-0.05, 0) is 38.0 Å². The van der Waals surface area contributed by atoms with Crippen molar-refractivity contribution >= 4 is 5.78 Å². The molecule has 0 aromatic heterocycles. The molecule has 0 bridgehead atoms. The van der Waals surface area contributed by atoms with Gasteiger partial charge in [-0.25, -0.2) is 0 Å². The standard InChI is InChI=1S/C11H12O2/c1-6-4-7(2)11-9(5-6)10(12)8(3)13-11/h4-5,8H,1-3H3. The molecular weight excluding hydrogens is 164 g/mol. The highest BCUT2D eigenvalue weighted by Crippen LogP contribution is 2.32. The number of ether oxygens (including phenoxy) is 1. The van der Waals surface area contributed by atoms with Crippen LogP contribution in [0.4, 0.5) is 0 Å². The predicted octanol–water partition coefficient (Wildman–Crippen LogP) is 2.27. The molecule has 0 radical (unpaired) electrons. The SMILES string of the molecule is Cc1cc(C)c2c(c1)C(=O)C(C)O2. The topological polar surface area (TPSA) is 26.3 Å². The van der Waals surface area contributed by atoms with Crippen LogP contribution in [0.2, 0.25) is 0 Å². The lowest BCUT2D eigenvalue weighted by atomic mass is 10.0. The first-order valence-electron chi connectivity index (χ1n) is 4.41. The second kappa shape index (κ2) is 2.59. The Morgan fingerprint density at radius 1 is 1.31 bits per heavy atom. The molecule has 1 aromatic carbocycles.